The van der Waals surface area contributed by atoms with Crippen molar-refractivity contribution in [3.8, 4) is 11.5 Å². The van der Waals surface area contributed by atoms with Crippen LogP contribution in [0.2, 0.25) is 0 Å². The topological polar surface area (TPSA) is 68.9 Å². The molecule has 0 aliphatic carbocycles. The maximum Gasteiger partial charge on any atom is 0.193 e. The van der Waals surface area contributed by atoms with Gasteiger partial charge in [0.15, 0.2) is 5.96 Å². The Morgan fingerprint density at radius 1 is 1.16 bits per heavy atom. The van der Waals surface area contributed by atoms with E-state index in [1.165, 1.54) is 12.1 Å². The number of hydrogen-bond acceptors (Lipinski definition) is 4. The summed E-state index contributed by atoms with van der Waals surface area (Å²) in [5.74, 6) is 2.34. The van der Waals surface area contributed by atoms with Crippen LogP contribution in [0.4, 0.5) is 10.1 Å². The lowest BCUT2D eigenvalue weighted by Gasteiger charge is -2.12. The van der Waals surface area contributed by atoms with Crippen molar-refractivity contribution in [2.24, 2.45) is 10.7 Å². The summed E-state index contributed by atoms with van der Waals surface area (Å²) in [6, 6.07) is 11.9. The molecular formula is C18H22FN3O2S. The minimum Gasteiger partial charge on any atom is -0.497 e. The van der Waals surface area contributed by atoms with Gasteiger partial charge in [0, 0.05) is 17.5 Å². The van der Waals surface area contributed by atoms with Crippen molar-refractivity contribution in [1.29, 1.82) is 0 Å². The Kier molecular flexibility index (Phi) is 7.40. The summed E-state index contributed by atoms with van der Waals surface area (Å²) >= 11 is 1.66. The molecule has 0 saturated carbocycles. The zero-order chi connectivity index (χ0) is 18.1. The molecule has 0 aromatic heterocycles. The Hall–Kier alpha value is -2.41. The zero-order valence-corrected chi connectivity index (χ0v) is 15.1. The first-order chi connectivity index (χ1) is 12.1. The molecule has 7 heteroatoms. The second-order valence-corrected chi connectivity index (χ2v) is 6.28. The normalized spacial score (nSPS) is 11.2. The summed E-state index contributed by atoms with van der Waals surface area (Å²) in [6.07, 6.45) is 0.861. The van der Waals surface area contributed by atoms with Gasteiger partial charge in [-0.05, 0) is 48.6 Å². The van der Waals surface area contributed by atoms with Crippen LogP contribution in [0.15, 0.2) is 52.4 Å². The average Bonchev–Trinajstić information content (AvgIpc) is 2.63. The van der Waals surface area contributed by atoms with Crippen LogP contribution >= 0.6 is 11.8 Å². The standard InChI is InChI=1S/C18H22FN3O2S/c1-23-14-6-9-17(24-2)16(12-14)22-18(20)21-10-3-11-25-15-7-4-13(19)5-8-15/h4-9,12H,3,10-11H2,1-2H3,(H3,20,21,22). The Labute approximate surface area is 151 Å². The molecule has 3 N–H and O–H groups in total. The summed E-state index contributed by atoms with van der Waals surface area (Å²) in [4.78, 5) is 5.35. The number of aliphatic imine (C=N–C) groups is 1. The first-order valence-electron chi connectivity index (χ1n) is 7.79. The molecular weight excluding hydrogens is 341 g/mol. The number of nitrogens with two attached hydrogens (primary N) is 1. The Bertz CT molecular complexity index is 708. The molecule has 0 spiro atoms. The summed E-state index contributed by atoms with van der Waals surface area (Å²) < 4.78 is 23.3. The van der Waals surface area contributed by atoms with E-state index in [4.69, 9.17) is 15.2 Å². The molecule has 134 valence electrons. The molecule has 0 amide bonds. The minimum absolute atomic E-state index is 0.222. The Morgan fingerprint density at radius 2 is 1.92 bits per heavy atom. The predicted octanol–water partition coefficient (Wildman–Crippen LogP) is 3.75. The van der Waals surface area contributed by atoms with E-state index in [1.54, 1.807) is 50.2 Å². The molecule has 0 radical (unpaired) electrons. The highest BCUT2D eigenvalue weighted by Crippen LogP contribution is 2.28. The number of guanidine groups is 1. The number of halogens is 1. The van der Waals surface area contributed by atoms with Crippen LogP contribution in [-0.4, -0.2) is 32.5 Å². The highest BCUT2D eigenvalue weighted by molar-refractivity contribution is 7.99. The summed E-state index contributed by atoms with van der Waals surface area (Å²) in [5, 5.41) is 3.03. The van der Waals surface area contributed by atoms with E-state index in [9.17, 15) is 4.39 Å². The molecule has 2 aromatic rings. The van der Waals surface area contributed by atoms with E-state index in [2.05, 4.69) is 10.3 Å². The van der Waals surface area contributed by atoms with Crippen LogP contribution in [0.3, 0.4) is 0 Å². The van der Waals surface area contributed by atoms with Crippen molar-refractivity contribution in [3.63, 3.8) is 0 Å². The second-order valence-electron chi connectivity index (χ2n) is 5.11. The van der Waals surface area contributed by atoms with E-state index in [0.29, 0.717) is 29.7 Å². The van der Waals surface area contributed by atoms with Crippen LogP contribution in [-0.2, 0) is 0 Å². The van der Waals surface area contributed by atoms with E-state index in [1.807, 2.05) is 6.07 Å². The van der Waals surface area contributed by atoms with Gasteiger partial charge in [0.25, 0.3) is 0 Å². The van der Waals surface area contributed by atoms with Crippen molar-refractivity contribution in [3.05, 3.63) is 48.3 Å². The highest BCUT2D eigenvalue weighted by atomic mass is 32.2. The molecule has 0 heterocycles. The number of benzene rings is 2. The predicted molar refractivity (Wildman–Crippen MR) is 101 cm³/mol. The van der Waals surface area contributed by atoms with Gasteiger partial charge in [-0.2, -0.15) is 0 Å². The van der Waals surface area contributed by atoms with Crippen LogP contribution in [0, 0.1) is 5.82 Å². The van der Waals surface area contributed by atoms with Gasteiger partial charge >= 0.3 is 0 Å². The van der Waals surface area contributed by atoms with Gasteiger partial charge < -0.3 is 20.5 Å². The Morgan fingerprint density at radius 3 is 2.60 bits per heavy atom. The summed E-state index contributed by atoms with van der Waals surface area (Å²) in [5.41, 5.74) is 6.62. The number of thioether (sulfide) groups is 1. The van der Waals surface area contributed by atoms with Crippen molar-refractivity contribution in [1.82, 2.24) is 0 Å². The number of rotatable bonds is 8. The van der Waals surface area contributed by atoms with E-state index in [-0.39, 0.29) is 5.82 Å². The van der Waals surface area contributed by atoms with Gasteiger partial charge in [0.05, 0.1) is 19.9 Å². The number of nitrogens with zero attached hydrogens (tertiary/aromatic N) is 1. The van der Waals surface area contributed by atoms with Gasteiger partial charge in [-0.15, -0.1) is 11.8 Å². The lowest BCUT2D eigenvalue weighted by atomic mass is 10.2. The molecule has 2 aromatic carbocycles. The quantitative estimate of drug-likeness (QED) is 0.324. The van der Waals surface area contributed by atoms with Crippen molar-refractivity contribution < 1.29 is 13.9 Å². The highest BCUT2D eigenvalue weighted by Gasteiger charge is 2.06. The molecule has 25 heavy (non-hydrogen) atoms. The third-order valence-corrected chi connectivity index (χ3v) is 4.43. The first-order valence-corrected chi connectivity index (χ1v) is 8.78. The van der Waals surface area contributed by atoms with Crippen LogP contribution in [0.25, 0.3) is 0 Å². The third kappa shape index (κ3) is 6.19. The number of hydrogen-bond donors (Lipinski definition) is 2. The molecule has 0 bridgehead atoms. The summed E-state index contributed by atoms with van der Waals surface area (Å²) in [6.45, 7) is 0.597. The lowest BCUT2D eigenvalue weighted by Crippen LogP contribution is -2.23. The summed E-state index contributed by atoms with van der Waals surface area (Å²) in [7, 11) is 3.19. The molecule has 5 nitrogen and oxygen atoms in total. The van der Waals surface area contributed by atoms with Crippen LogP contribution < -0.4 is 20.5 Å². The minimum atomic E-state index is -0.222. The van der Waals surface area contributed by atoms with E-state index in [0.717, 1.165) is 17.1 Å². The van der Waals surface area contributed by atoms with Crippen LogP contribution in [0.5, 0.6) is 11.5 Å². The number of methoxy groups -OCH3 is 2. The fourth-order valence-corrected chi connectivity index (χ4v) is 2.91. The number of nitrogens with one attached hydrogen (secondary N) is 1. The molecule has 0 fully saturated rings. The maximum atomic E-state index is 12.8. The monoisotopic (exact) mass is 363 g/mol. The van der Waals surface area contributed by atoms with Crippen LogP contribution in [0.1, 0.15) is 6.42 Å². The van der Waals surface area contributed by atoms with Gasteiger partial charge in [0.2, 0.25) is 0 Å². The molecule has 2 rings (SSSR count). The van der Waals surface area contributed by atoms with Crippen molar-refractivity contribution >= 4 is 23.4 Å². The Balaban J connectivity index is 1.80. The molecule has 0 aliphatic heterocycles. The van der Waals surface area contributed by atoms with Gasteiger partial charge in [-0.3, -0.25) is 4.99 Å². The first kappa shape index (κ1) is 18.9. The lowest BCUT2D eigenvalue weighted by molar-refractivity contribution is 0.405. The van der Waals surface area contributed by atoms with Crippen molar-refractivity contribution in [2.45, 2.75) is 11.3 Å². The van der Waals surface area contributed by atoms with E-state index < -0.39 is 0 Å². The number of ether oxygens (including phenoxy) is 2. The zero-order valence-electron chi connectivity index (χ0n) is 14.3. The second kappa shape index (κ2) is 9.78. The molecule has 0 saturated heterocycles. The maximum absolute atomic E-state index is 12.8. The average molecular weight is 363 g/mol. The van der Waals surface area contributed by atoms with Gasteiger partial charge in [-0.1, -0.05) is 0 Å². The third-order valence-electron chi connectivity index (χ3n) is 3.34. The SMILES string of the molecule is COc1ccc(OC)c(NC(N)=NCCCSc2ccc(F)cc2)c1. The van der Waals surface area contributed by atoms with Gasteiger partial charge in [-0.25, -0.2) is 4.39 Å². The van der Waals surface area contributed by atoms with E-state index >= 15 is 0 Å². The van der Waals surface area contributed by atoms with Crippen molar-refractivity contribution in [2.75, 3.05) is 31.8 Å². The van der Waals surface area contributed by atoms with Gasteiger partial charge in [0.1, 0.15) is 17.3 Å². The molecule has 0 aliphatic rings. The number of anilines is 1. The largest absolute Gasteiger partial charge is 0.497 e. The smallest absolute Gasteiger partial charge is 0.193 e. The fourth-order valence-electron chi connectivity index (χ4n) is 2.07. The fraction of sp³-hybridized carbons (Fsp3) is 0.278. The molecule has 0 unspecified atom stereocenters. The molecule has 0 atom stereocenters.